The van der Waals surface area contributed by atoms with Crippen molar-refractivity contribution in [2.45, 2.75) is 31.7 Å². The summed E-state index contributed by atoms with van der Waals surface area (Å²) in [4.78, 5) is 0. The molecule has 0 bridgehead atoms. The summed E-state index contributed by atoms with van der Waals surface area (Å²) in [5, 5.41) is 12.1. The van der Waals surface area contributed by atoms with Gasteiger partial charge in [-0.3, -0.25) is 0 Å². The zero-order valence-corrected chi connectivity index (χ0v) is 14.1. The second-order valence-corrected chi connectivity index (χ2v) is 11.7. The Bertz CT molecular complexity index is 584. The van der Waals surface area contributed by atoms with Crippen LogP contribution < -0.4 is 0 Å². The first-order chi connectivity index (χ1) is 9.91. The van der Waals surface area contributed by atoms with Gasteiger partial charge in [0.05, 0.1) is 14.2 Å². The fraction of sp³-hybridized carbons (Fsp3) is 0.263. The Labute approximate surface area is 129 Å². The van der Waals surface area contributed by atoms with Crippen LogP contribution >= 0.6 is 0 Å². The molecule has 21 heavy (non-hydrogen) atoms. The third-order valence-corrected chi connectivity index (χ3v) is 6.19. The third kappa shape index (κ3) is 3.72. The highest BCUT2D eigenvalue weighted by Gasteiger charge is 2.32. The van der Waals surface area contributed by atoms with Crippen LogP contribution in [0.2, 0.25) is 19.6 Å². The van der Waals surface area contributed by atoms with Crippen molar-refractivity contribution in [2.75, 3.05) is 0 Å². The Morgan fingerprint density at radius 3 is 1.71 bits per heavy atom. The predicted octanol–water partition coefficient (Wildman–Crippen LogP) is 4.94. The molecule has 0 spiro atoms. The van der Waals surface area contributed by atoms with Crippen molar-refractivity contribution in [3.63, 3.8) is 0 Å². The molecule has 2 rings (SSSR count). The zero-order chi connectivity index (χ0) is 15.5. The molecule has 0 fully saturated rings. The van der Waals surface area contributed by atoms with Crippen molar-refractivity contribution in [1.29, 1.82) is 0 Å². The second-order valence-electron chi connectivity index (χ2n) is 6.52. The van der Waals surface area contributed by atoms with Gasteiger partial charge in [0.1, 0.15) is 0 Å². The molecule has 0 aliphatic heterocycles. The lowest BCUT2D eigenvalue weighted by atomic mass is 9.89. The molecule has 110 valence electrons. The molecule has 0 saturated heterocycles. The molecule has 0 aliphatic rings. The van der Waals surface area contributed by atoms with Gasteiger partial charge in [-0.1, -0.05) is 85.5 Å². The van der Waals surface area contributed by atoms with Gasteiger partial charge in [-0.2, -0.15) is 0 Å². The molecular formula is C19H24OSi. The fourth-order valence-corrected chi connectivity index (χ4v) is 3.80. The number of hydrogen-bond acceptors (Lipinski definition) is 1. The number of hydrogen-bond donors (Lipinski definition) is 1. The summed E-state index contributed by atoms with van der Waals surface area (Å²) in [5.41, 5.74) is 2.09. The fourth-order valence-electron chi connectivity index (χ4n) is 2.54. The second kappa shape index (κ2) is 6.42. The smallest absolute Gasteiger partial charge is 0.0892 e. The highest BCUT2D eigenvalue weighted by molar-refractivity contribution is 6.83. The molecule has 0 aliphatic carbocycles. The van der Waals surface area contributed by atoms with E-state index in [0.717, 1.165) is 11.1 Å². The minimum Gasteiger partial charge on any atom is -0.387 e. The average molecular weight is 296 g/mol. The molecule has 2 unspecified atom stereocenters. The number of aliphatic hydroxyl groups excluding tert-OH is 1. The molecule has 0 heterocycles. The Morgan fingerprint density at radius 1 is 0.857 bits per heavy atom. The van der Waals surface area contributed by atoms with Crippen molar-refractivity contribution in [2.24, 2.45) is 0 Å². The van der Waals surface area contributed by atoms with Gasteiger partial charge >= 0.3 is 0 Å². The maximum atomic E-state index is 10.9. The molecule has 2 heteroatoms. The highest BCUT2D eigenvalue weighted by atomic mass is 28.3. The van der Waals surface area contributed by atoms with E-state index < -0.39 is 14.2 Å². The Kier molecular flexibility index (Phi) is 4.81. The minimum atomic E-state index is -1.56. The lowest BCUT2D eigenvalue weighted by Gasteiger charge is -2.32. The summed E-state index contributed by atoms with van der Waals surface area (Å²) in [7, 11) is -1.56. The third-order valence-electron chi connectivity index (χ3n) is 3.95. The summed E-state index contributed by atoms with van der Waals surface area (Å²) in [6, 6.07) is 20.1. The Hall–Kier alpha value is -1.64. The molecule has 2 aromatic carbocycles. The van der Waals surface area contributed by atoms with Crippen molar-refractivity contribution in [1.82, 2.24) is 0 Å². The topological polar surface area (TPSA) is 20.2 Å². The standard InChI is InChI=1S/C19H24OSi/c1-15(21(2,3)4)18(16-11-7-5-8-12-16)19(20)17-13-9-6-10-14-17/h5-14,18-20H,1H2,2-4H3. The van der Waals surface area contributed by atoms with Crippen LogP contribution in [0.25, 0.3) is 0 Å². The molecule has 0 amide bonds. The molecule has 2 atom stereocenters. The molecular weight excluding hydrogens is 272 g/mol. The van der Waals surface area contributed by atoms with E-state index >= 15 is 0 Å². The summed E-state index contributed by atoms with van der Waals surface area (Å²) in [6.45, 7) is 11.2. The number of rotatable bonds is 5. The van der Waals surface area contributed by atoms with Gasteiger partial charge in [-0.15, -0.1) is 6.58 Å². The van der Waals surface area contributed by atoms with Crippen molar-refractivity contribution in [3.8, 4) is 0 Å². The summed E-state index contributed by atoms with van der Waals surface area (Å²) >= 11 is 0. The first kappa shape index (κ1) is 15.7. The van der Waals surface area contributed by atoms with Crippen LogP contribution in [0.4, 0.5) is 0 Å². The quantitative estimate of drug-likeness (QED) is 0.775. The van der Waals surface area contributed by atoms with E-state index in [1.54, 1.807) is 0 Å². The number of aliphatic hydroxyl groups is 1. The summed E-state index contributed by atoms with van der Waals surface area (Å²) < 4.78 is 0. The molecule has 0 saturated carbocycles. The molecule has 0 aromatic heterocycles. The van der Waals surface area contributed by atoms with Crippen molar-refractivity contribution >= 4 is 8.07 Å². The van der Waals surface area contributed by atoms with Crippen LogP contribution in [0.5, 0.6) is 0 Å². The van der Waals surface area contributed by atoms with Crippen LogP contribution in [-0.4, -0.2) is 13.2 Å². The lowest BCUT2D eigenvalue weighted by molar-refractivity contribution is 0.160. The first-order valence-electron chi connectivity index (χ1n) is 7.38. The van der Waals surface area contributed by atoms with E-state index in [2.05, 4.69) is 38.4 Å². The van der Waals surface area contributed by atoms with Gasteiger partial charge in [-0.05, 0) is 11.1 Å². The van der Waals surface area contributed by atoms with Crippen molar-refractivity contribution < 1.29 is 5.11 Å². The van der Waals surface area contributed by atoms with E-state index in [4.69, 9.17) is 0 Å². The normalized spacial score (nSPS) is 14.5. The summed E-state index contributed by atoms with van der Waals surface area (Å²) in [5.74, 6) is -0.0414. The number of benzene rings is 2. The predicted molar refractivity (Wildman–Crippen MR) is 93.1 cm³/mol. The van der Waals surface area contributed by atoms with Gasteiger partial charge in [0.15, 0.2) is 0 Å². The van der Waals surface area contributed by atoms with Crippen LogP contribution in [-0.2, 0) is 0 Å². The average Bonchev–Trinajstić information content (AvgIpc) is 2.48. The van der Waals surface area contributed by atoms with Gasteiger partial charge in [0, 0.05) is 5.92 Å². The molecule has 1 N–H and O–H groups in total. The summed E-state index contributed by atoms with van der Waals surface area (Å²) in [6.07, 6.45) is -0.548. The van der Waals surface area contributed by atoms with Crippen LogP contribution in [0.1, 0.15) is 23.1 Å². The van der Waals surface area contributed by atoms with Gasteiger partial charge in [-0.25, -0.2) is 0 Å². The zero-order valence-electron chi connectivity index (χ0n) is 13.1. The SMILES string of the molecule is C=C(C(c1ccccc1)C(O)c1ccccc1)[Si](C)(C)C. The van der Waals surface area contributed by atoms with Crippen molar-refractivity contribution in [3.05, 3.63) is 83.6 Å². The maximum absolute atomic E-state index is 10.9. The van der Waals surface area contributed by atoms with E-state index in [9.17, 15) is 5.11 Å². The van der Waals surface area contributed by atoms with Crippen LogP contribution in [0.15, 0.2) is 72.4 Å². The van der Waals surface area contributed by atoms with E-state index in [1.165, 1.54) is 5.20 Å². The minimum absolute atomic E-state index is 0.0414. The van der Waals surface area contributed by atoms with Crippen LogP contribution in [0.3, 0.4) is 0 Å². The Balaban J connectivity index is 2.44. The maximum Gasteiger partial charge on any atom is 0.0892 e. The van der Waals surface area contributed by atoms with E-state index in [-0.39, 0.29) is 5.92 Å². The van der Waals surface area contributed by atoms with Crippen LogP contribution in [0, 0.1) is 0 Å². The van der Waals surface area contributed by atoms with E-state index in [1.807, 2.05) is 48.5 Å². The molecule has 2 aromatic rings. The lowest BCUT2D eigenvalue weighted by Crippen LogP contribution is -2.30. The van der Waals surface area contributed by atoms with Gasteiger partial charge in [0.2, 0.25) is 0 Å². The largest absolute Gasteiger partial charge is 0.387 e. The highest BCUT2D eigenvalue weighted by Crippen LogP contribution is 2.39. The van der Waals surface area contributed by atoms with Gasteiger partial charge in [0.25, 0.3) is 0 Å². The monoisotopic (exact) mass is 296 g/mol. The molecule has 1 nitrogen and oxygen atoms in total. The molecule has 0 radical (unpaired) electrons. The first-order valence-corrected chi connectivity index (χ1v) is 10.9. The Morgan fingerprint density at radius 2 is 1.29 bits per heavy atom. The van der Waals surface area contributed by atoms with Gasteiger partial charge < -0.3 is 5.11 Å². The van der Waals surface area contributed by atoms with E-state index in [0.29, 0.717) is 0 Å².